The molecular weight excluding hydrogens is 276 g/mol. The molecule has 1 N–H and O–H groups in total. The molecule has 4 heteroatoms. The minimum absolute atomic E-state index is 0.211. The Morgan fingerprint density at radius 1 is 1.36 bits per heavy atom. The molecule has 1 atom stereocenters. The number of aliphatic hydroxyl groups is 1. The summed E-state index contributed by atoms with van der Waals surface area (Å²) >= 11 is 0. The third-order valence-corrected chi connectivity index (χ3v) is 4.31. The van der Waals surface area contributed by atoms with Crippen LogP contribution in [0.15, 0.2) is 58.6 Å². The number of anilines is 1. The van der Waals surface area contributed by atoms with Crippen LogP contribution in [0.3, 0.4) is 0 Å². The minimum atomic E-state index is -1.48. The summed E-state index contributed by atoms with van der Waals surface area (Å²) < 4.78 is 0. The van der Waals surface area contributed by atoms with Crippen molar-refractivity contribution in [1.29, 1.82) is 0 Å². The molecule has 0 radical (unpaired) electrons. The van der Waals surface area contributed by atoms with Gasteiger partial charge in [0.15, 0.2) is 11.4 Å². The second-order valence-electron chi connectivity index (χ2n) is 5.77. The van der Waals surface area contributed by atoms with Crippen molar-refractivity contribution < 1.29 is 9.90 Å². The van der Waals surface area contributed by atoms with E-state index in [9.17, 15) is 9.90 Å². The Morgan fingerprint density at radius 3 is 2.77 bits per heavy atom. The molecule has 1 aromatic rings. The fraction of sp³-hybridized carbons (Fsp3) is 0.333. The van der Waals surface area contributed by atoms with Crippen LogP contribution in [-0.2, 0) is 4.79 Å². The number of para-hydroxylation sites is 1. The van der Waals surface area contributed by atoms with E-state index in [2.05, 4.69) is 4.99 Å². The highest BCUT2D eigenvalue weighted by Gasteiger charge is 2.51. The number of benzene rings is 1. The average molecular weight is 296 g/mol. The number of Topliss-reactive ketones (excluding diaryl/α,β-unsaturated/α-hetero) is 1. The standard InChI is InChI=1S/C18H20N2O2/c1-3-13(2)11-14-12-19-17-18(22,16(14)21)9-10-20(17)15-7-5-4-6-8-15/h3-8,11,22H,9-10,12H2,1-2H3/b13-3-,14-11+. The van der Waals surface area contributed by atoms with E-state index in [0.717, 1.165) is 11.3 Å². The molecule has 1 aromatic carbocycles. The maximum Gasteiger partial charge on any atom is 0.200 e. The normalized spacial score (nSPS) is 27.1. The lowest BCUT2D eigenvalue weighted by molar-refractivity contribution is -0.127. The van der Waals surface area contributed by atoms with Crippen LogP contribution in [0.4, 0.5) is 5.69 Å². The molecule has 2 heterocycles. The number of aliphatic imine (C=N–C) groups is 1. The summed E-state index contributed by atoms with van der Waals surface area (Å²) in [4.78, 5) is 19.2. The first-order chi connectivity index (χ1) is 10.6. The van der Waals surface area contributed by atoms with Crippen LogP contribution < -0.4 is 4.90 Å². The second kappa shape index (κ2) is 5.54. The van der Waals surface area contributed by atoms with Crippen LogP contribution in [0.1, 0.15) is 20.3 Å². The number of fused-ring (bicyclic) bond motifs is 1. The van der Waals surface area contributed by atoms with E-state index in [1.807, 2.05) is 61.2 Å². The summed E-state index contributed by atoms with van der Waals surface area (Å²) in [5.41, 5.74) is 1.07. The number of nitrogens with zero attached hydrogens (tertiary/aromatic N) is 2. The fourth-order valence-corrected chi connectivity index (χ4v) is 2.97. The van der Waals surface area contributed by atoms with Gasteiger partial charge >= 0.3 is 0 Å². The van der Waals surface area contributed by atoms with Crippen molar-refractivity contribution in [2.75, 3.05) is 18.0 Å². The predicted octanol–water partition coefficient (Wildman–Crippen LogP) is 2.50. The van der Waals surface area contributed by atoms with Gasteiger partial charge in [0, 0.05) is 24.2 Å². The van der Waals surface area contributed by atoms with Crippen molar-refractivity contribution in [3.63, 3.8) is 0 Å². The number of carbonyl (C=O) groups is 1. The molecule has 114 valence electrons. The number of rotatable bonds is 2. The van der Waals surface area contributed by atoms with Crippen molar-refractivity contribution >= 4 is 17.3 Å². The number of allylic oxidation sites excluding steroid dienone is 3. The highest BCUT2D eigenvalue weighted by molar-refractivity contribution is 6.25. The maximum absolute atomic E-state index is 12.7. The zero-order valence-electron chi connectivity index (χ0n) is 12.9. The van der Waals surface area contributed by atoms with Crippen LogP contribution in [-0.4, -0.2) is 35.4 Å². The van der Waals surface area contributed by atoms with E-state index >= 15 is 0 Å². The van der Waals surface area contributed by atoms with E-state index in [4.69, 9.17) is 0 Å². The molecular formula is C18H20N2O2. The van der Waals surface area contributed by atoms with E-state index < -0.39 is 5.60 Å². The topological polar surface area (TPSA) is 52.9 Å². The number of ketones is 1. The lowest BCUT2D eigenvalue weighted by Crippen LogP contribution is -2.50. The zero-order valence-corrected chi connectivity index (χ0v) is 12.9. The van der Waals surface area contributed by atoms with Crippen molar-refractivity contribution in [3.8, 4) is 0 Å². The molecule has 1 unspecified atom stereocenters. The summed E-state index contributed by atoms with van der Waals surface area (Å²) in [6, 6.07) is 9.76. The molecule has 0 aromatic heterocycles. The summed E-state index contributed by atoms with van der Waals surface area (Å²) in [5, 5.41) is 10.9. The van der Waals surface area contributed by atoms with E-state index in [1.54, 1.807) is 0 Å². The van der Waals surface area contributed by atoms with Crippen molar-refractivity contribution in [2.24, 2.45) is 4.99 Å². The SMILES string of the molecule is C/C=C(C)\C=C1/CN=C2N(c3ccccc3)CCC2(O)C1=O. The smallest absolute Gasteiger partial charge is 0.200 e. The van der Waals surface area contributed by atoms with Crippen molar-refractivity contribution in [3.05, 3.63) is 53.6 Å². The van der Waals surface area contributed by atoms with E-state index in [1.165, 1.54) is 0 Å². The zero-order chi connectivity index (χ0) is 15.7. The maximum atomic E-state index is 12.7. The van der Waals surface area contributed by atoms with Gasteiger partial charge in [-0.1, -0.05) is 35.9 Å². The van der Waals surface area contributed by atoms with Crippen molar-refractivity contribution in [1.82, 2.24) is 0 Å². The molecule has 0 spiro atoms. The lowest BCUT2D eigenvalue weighted by Gasteiger charge is -2.30. The van der Waals surface area contributed by atoms with Crippen LogP contribution in [0.5, 0.6) is 0 Å². The first-order valence-corrected chi connectivity index (χ1v) is 7.54. The molecule has 4 nitrogen and oxygen atoms in total. The Bertz CT molecular complexity index is 688. The molecule has 0 aliphatic carbocycles. The van der Waals surface area contributed by atoms with Crippen LogP contribution >= 0.6 is 0 Å². The Labute approximate surface area is 130 Å². The molecule has 0 saturated carbocycles. The van der Waals surface area contributed by atoms with Crippen molar-refractivity contribution in [2.45, 2.75) is 25.9 Å². The lowest BCUT2D eigenvalue weighted by atomic mass is 9.87. The highest BCUT2D eigenvalue weighted by Crippen LogP contribution is 2.34. The van der Waals surface area contributed by atoms with E-state index in [0.29, 0.717) is 30.9 Å². The molecule has 1 fully saturated rings. The Morgan fingerprint density at radius 2 is 2.09 bits per heavy atom. The summed E-state index contributed by atoms with van der Waals surface area (Å²) in [6.45, 7) is 4.79. The monoisotopic (exact) mass is 296 g/mol. The van der Waals surface area contributed by atoms with E-state index in [-0.39, 0.29) is 5.78 Å². The highest BCUT2D eigenvalue weighted by atomic mass is 16.3. The fourth-order valence-electron chi connectivity index (χ4n) is 2.97. The summed E-state index contributed by atoms with van der Waals surface area (Å²) in [5.74, 6) is 0.274. The average Bonchev–Trinajstić information content (AvgIpc) is 2.89. The predicted molar refractivity (Wildman–Crippen MR) is 88.2 cm³/mol. The molecule has 0 bridgehead atoms. The van der Waals surface area contributed by atoms with Gasteiger partial charge < -0.3 is 10.0 Å². The first kappa shape index (κ1) is 14.7. The molecule has 2 aliphatic rings. The minimum Gasteiger partial charge on any atom is -0.374 e. The van der Waals surface area contributed by atoms with Gasteiger partial charge in [-0.2, -0.15) is 0 Å². The van der Waals surface area contributed by atoms with Gasteiger partial charge in [-0.15, -0.1) is 0 Å². The number of hydrogen-bond donors (Lipinski definition) is 1. The second-order valence-corrected chi connectivity index (χ2v) is 5.77. The molecule has 22 heavy (non-hydrogen) atoms. The van der Waals surface area contributed by atoms with Gasteiger partial charge in [0.2, 0.25) is 0 Å². The molecule has 0 amide bonds. The first-order valence-electron chi connectivity index (χ1n) is 7.54. The number of amidine groups is 1. The Hall–Kier alpha value is -2.20. The van der Waals surface area contributed by atoms with Crippen LogP contribution in [0.2, 0.25) is 0 Å². The molecule has 2 aliphatic heterocycles. The Balaban J connectivity index is 1.98. The van der Waals surface area contributed by atoms with Crippen LogP contribution in [0.25, 0.3) is 0 Å². The quantitative estimate of drug-likeness (QED) is 0.853. The van der Waals surface area contributed by atoms with Gasteiger partial charge in [-0.3, -0.25) is 9.79 Å². The van der Waals surface area contributed by atoms with Gasteiger partial charge in [-0.25, -0.2) is 0 Å². The third kappa shape index (κ3) is 2.29. The molecule has 3 rings (SSSR count). The number of hydrogen-bond acceptors (Lipinski definition) is 4. The third-order valence-electron chi connectivity index (χ3n) is 4.31. The summed E-state index contributed by atoms with van der Waals surface area (Å²) in [7, 11) is 0. The van der Waals surface area contributed by atoms with Gasteiger partial charge in [0.05, 0.1) is 6.54 Å². The van der Waals surface area contributed by atoms with Crippen LogP contribution in [0, 0.1) is 0 Å². The largest absolute Gasteiger partial charge is 0.374 e. The van der Waals surface area contributed by atoms with Gasteiger partial charge in [0.25, 0.3) is 0 Å². The summed E-state index contributed by atoms with van der Waals surface area (Å²) in [6.07, 6.45) is 4.14. The molecule has 1 saturated heterocycles. The van der Waals surface area contributed by atoms with Gasteiger partial charge in [0.1, 0.15) is 5.84 Å². The van der Waals surface area contributed by atoms with Gasteiger partial charge in [-0.05, 0) is 26.0 Å². The Kier molecular flexibility index (Phi) is 3.71. The number of carbonyl (C=O) groups excluding carboxylic acids is 1.